The molecule has 1 atom stereocenters. The highest BCUT2D eigenvalue weighted by Crippen LogP contribution is 2.46. The molecule has 2 aromatic rings. The van der Waals surface area contributed by atoms with Crippen molar-refractivity contribution in [1.82, 2.24) is 9.47 Å². The van der Waals surface area contributed by atoms with Gasteiger partial charge in [-0.05, 0) is 35.9 Å². The van der Waals surface area contributed by atoms with Gasteiger partial charge >= 0.3 is 0 Å². The molecule has 0 radical (unpaired) electrons. The quantitative estimate of drug-likeness (QED) is 0.626. The molecule has 1 aliphatic rings. The first-order valence-electron chi connectivity index (χ1n) is 7.37. The van der Waals surface area contributed by atoms with E-state index in [4.69, 9.17) is 6.42 Å². The first kappa shape index (κ1) is 15.4. The second-order valence-electron chi connectivity index (χ2n) is 5.23. The minimum atomic E-state index is -1.07. The minimum Gasteiger partial charge on any atom is -0.327 e. The number of unbranched alkanes of at least 4 members (excludes halogenated alkanes) is 1. The summed E-state index contributed by atoms with van der Waals surface area (Å²) in [4.78, 5) is 25.9. The second-order valence-corrected chi connectivity index (χ2v) is 6.38. The van der Waals surface area contributed by atoms with E-state index >= 15 is 0 Å². The van der Waals surface area contributed by atoms with Crippen molar-refractivity contribution in [3.8, 4) is 12.3 Å². The molecule has 1 aliphatic heterocycles. The minimum absolute atomic E-state index is 0.216. The number of benzene rings is 1. The number of imide groups is 1. The van der Waals surface area contributed by atoms with Crippen molar-refractivity contribution in [2.75, 3.05) is 6.54 Å². The molecular formula is C18H16N2O2S. The van der Waals surface area contributed by atoms with Crippen LogP contribution in [0.4, 0.5) is 4.79 Å². The Morgan fingerprint density at radius 3 is 2.43 bits per heavy atom. The summed E-state index contributed by atoms with van der Waals surface area (Å²) < 4.78 is 1.80. The molecule has 1 saturated heterocycles. The molecule has 23 heavy (non-hydrogen) atoms. The smallest absolute Gasteiger partial charge is 0.291 e. The van der Waals surface area contributed by atoms with Crippen LogP contribution in [0.5, 0.6) is 0 Å². The molecule has 2 amide bonds. The summed E-state index contributed by atoms with van der Waals surface area (Å²) in [5, 5.41) is -0.232. The summed E-state index contributed by atoms with van der Waals surface area (Å²) in [7, 11) is 0. The van der Waals surface area contributed by atoms with Crippen LogP contribution in [0.15, 0.2) is 54.9 Å². The molecule has 0 saturated carbocycles. The maximum atomic E-state index is 13.1. The fourth-order valence-electron chi connectivity index (χ4n) is 2.73. The molecule has 3 rings (SSSR count). The number of amides is 2. The monoisotopic (exact) mass is 324 g/mol. The lowest BCUT2D eigenvalue weighted by Crippen LogP contribution is -2.42. The number of terminal acetylenes is 1. The molecule has 0 aliphatic carbocycles. The largest absolute Gasteiger partial charge is 0.327 e. The van der Waals surface area contributed by atoms with Crippen LogP contribution in [-0.2, 0) is 9.67 Å². The predicted octanol–water partition coefficient (Wildman–Crippen LogP) is 3.30. The third-order valence-corrected chi connectivity index (χ3v) is 5.14. The number of thioether (sulfide) groups is 1. The van der Waals surface area contributed by atoms with Crippen molar-refractivity contribution in [2.45, 2.75) is 17.7 Å². The lowest BCUT2D eigenvalue weighted by Gasteiger charge is -2.28. The van der Waals surface area contributed by atoms with E-state index in [1.165, 1.54) is 4.90 Å². The van der Waals surface area contributed by atoms with Crippen LogP contribution in [0.1, 0.15) is 18.4 Å². The number of hydrogen-bond acceptors (Lipinski definition) is 3. The van der Waals surface area contributed by atoms with Gasteiger partial charge in [-0.25, -0.2) is 0 Å². The van der Waals surface area contributed by atoms with Gasteiger partial charge in [-0.1, -0.05) is 30.3 Å². The number of carbonyl (C=O) groups is 2. The average Bonchev–Trinajstić information content (AvgIpc) is 3.18. The van der Waals surface area contributed by atoms with Crippen LogP contribution in [0.2, 0.25) is 0 Å². The maximum absolute atomic E-state index is 13.1. The van der Waals surface area contributed by atoms with E-state index < -0.39 is 4.87 Å². The van der Waals surface area contributed by atoms with Crippen LogP contribution in [0, 0.1) is 12.3 Å². The highest BCUT2D eigenvalue weighted by molar-refractivity contribution is 8.15. The van der Waals surface area contributed by atoms with Crippen molar-refractivity contribution >= 4 is 22.9 Å². The Balaban J connectivity index is 2.03. The van der Waals surface area contributed by atoms with Crippen molar-refractivity contribution < 1.29 is 9.59 Å². The van der Waals surface area contributed by atoms with Crippen LogP contribution in [0.25, 0.3) is 0 Å². The Labute approximate surface area is 139 Å². The first-order chi connectivity index (χ1) is 11.2. The summed E-state index contributed by atoms with van der Waals surface area (Å²) in [6, 6.07) is 13.1. The van der Waals surface area contributed by atoms with Gasteiger partial charge < -0.3 is 4.57 Å². The Morgan fingerprint density at radius 2 is 1.78 bits per heavy atom. The van der Waals surface area contributed by atoms with E-state index in [1.54, 1.807) is 4.57 Å². The van der Waals surface area contributed by atoms with Crippen molar-refractivity contribution in [2.24, 2.45) is 0 Å². The highest BCUT2D eigenvalue weighted by Gasteiger charge is 2.54. The average molecular weight is 324 g/mol. The summed E-state index contributed by atoms with van der Waals surface area (Å²) >= 11 is 1.05. The first-order valence-corrected chi connectivity index (χ1v) is 8.19. The maximum Gasteiger partial charge on any atom is 0.291 e. The van der Waals surface area contributed by atoms with Gasteiger partial charge in [-0.15, -0.1) is 12.3 Å². The lowest BCUT2D eigenvalue weighted by atomic mass is 10.0. The lowest BCUT2D eigenvalue weighted by molar-refractivity contribution is -0.130. The van der Waals surface area contributed by atoms with Gasteiger partial charge in [0.2, 0.25) is 4.87 Å². The topological polar surface area (TPSA) is 42.3 Å². The predicted molar refractivity (Wildman–Crippen MR) is 90.7 cm³/mol. The highest BCUT2D eigenvalue weighted by atomic mass is 32.2. The Morgan fingerprint density at radius 1 is 1.09 bits per heavy atom. The van der Waals surface area contributed by atoms with E-state index in [0.717, 1.165) is 17.3 Å². The second kappa shape index (κ2) is 6.35. The van der Waals surface area contributed by atoms with Crippen LogP contribution < -0.4 is 0 Å². The number of aromatic nitrogens is 1. The van der Waals surface area contributed by atoms with Crippen LogP contribution >= 0.6 is 11.8 Å². The SMILES string of the molecule is C#CCCCN1C(=O)SC(c2ccccc2)(n2cccc2)C1=O. The zero-order valence-corrected chi connectivity index (χ0v) is 13.3. The molecule has 1 aromatic heterocycles. The molecule has 0 spiro atoms. The van der Waals surface area contributed by atoms with Crippen LogP contribution in [0.3, 0.4) is 0 Å². The number of hydrogen-bond donors (Lipinski definition) is 0. The zero-order chi connectivity index (χ0) is 16.3. The Hall–Kier alpha value is -2.45. The normalized spacial score (nSPS) is 20.7. The van der Waals surface area contributed by atoms with E-state index in [0.29, 0.717) is 19.4 Å². The van der Waals surface area contributed by atoms with Gasteiger partial charge in [-0.2, -0.15) is 0 Å². The fourth-order valence-corrected chi connectivity index (χ4v) is 3.94. The molecule has 116 valence electrons. The van der Waals surface area contributed by atoms with E-state index in [2.05, 4.69) is 5.92 Å². The molecule has 4 nitrogen and oxygen atoms in total. The van der Waals surface area contributed by atoms with Gasteiger partial charge in [0.25, 0.3) is 11.1 Å². The van der Waals surface area contributed by atoms with Crippen molar-refractivity contribution in [3.05, 3.63) is 60.4 Å². The van der Waals surface area contributed by atoms with E-state index in [-0.39, 0.29) is 11.1 Å². The van der Waals surface area contributed by atoms with Gasteiger partial charge in [0.15, 0.2) is 0 Å². The molecule has 0 N–H and O–H groups in total. The van der Waals surface area contributed by atoms with Gasteiger partial charge in [0.1, 0.15) is 0 Å². The van der Waals surface area contributed by atoms with Crippen molar-refractivity contribution in [3.63, 3.8) is 0 Å². The molecule has 2 heterocycles. The molecular weight excluding hydrogens is 308 g/mol. The van der Waals surface area contributed by atoms with Gasteiger partial charge in [0, 0.05) is 25.4 Å². The third-order valence-electron chi connectivity index (χ3n) is 3.83. The molecule has 1 aromatic carbocycles. The molecule has 0 bridgehead atoms. The standard InChI is InChI=1S/C18H16N2O2S/c1-2-3-7-14-20-16(21)18(23-17(20)22,19-12-8-9-13-19)15-10-5-4-6-11-15/h1,4-6,8-13H,3,7,14H2. The summed E-state index contributed by atoms with van der Waals surface area (Å²) in [6.07, 6.45) is 10.0. The molecule has 1 fully saturated rings. The number of nitrogens with zero attached hydrogens (tertiary/aromatic N) is 2. The van der Waals surface area contributed by atoms with Gasteiger partial charge in [0.05, 0.1) is 0 Å². The Bertz CT molecular complexity index is 749. The molecule has 1 unspecified atom stereocenters. The third kappa shape index (κ3) is 2.55. The fraction of sp³-hybridized carbons (Fsp3) is 0.222. The summed E-state index contributed by atoms with van der Waals surface area (Å²) in [5.74, 6) is 2.32. The number of carbonyl (C=O) groups excluding carboxylic acids is 2. The van der Waals surface area contributed by atoms with Gasteiger partial charge in [-0.3, -0.25) is 14.5 Å². The molecule has 5 heteroatoms. The zero-order valence-electron chi connectivity index (χ0n) is 12.5. The number of rotatable bonds is 5. The van der Waals surface area contributed by atoms with E-state index in [9.17, 15) is 9.59 Å². The summed E-state index contributed by atoms with van der Waals surface area (Å²) in [6.45, 7) is 0.352. The summed E-state index contributed by atoms with van der Waals surface area (Å²) in [5.41, 5.74) is 0.791. The Kier molecular flexibility index (Phi) is 4.26. The van der Waals surface area contributed by atoms with E-state index in [1.807, 2.05) is 54.9 Å². The van der Waals surface area contributed by atoms with Crippen LogP contribution in [-0.4, -0.2) is 27.2 Å². The van der Waals surface area contributed by atoms with Crippen molar-refractivity contribution in [1.29, 1.82) is 0 Å².